The Morgan fingerprint density at radius 1 is 0.833 bits per heavy atom. The van der Waals surface area contributed by atoms with Gasteiger partial charge in [-0.2, -0.15) is 0 Å². The highest BCUT2D eigenvalue weighted by atomic mass is 35.5. The molecule has 0 aliphatic carbocycles. The van der Waals surface area contributed by atoms with Gasteiger partial charge in [-0.3, -0.25) is 14.4 Å². The molecule has 0 saturated heterocycles. The third-order valence-corrected chi connectivity index (χ3v) is 7.70. The molecule has 5 aromatic rings. The molecule has 0 bridgehead atoms. The minimum Gasteiger partial charge on any atom is -0.361 e. The highest BCUT2D eigenvalue weighted by molar-refractivity contribution is 8.00. The summed E-state index contributed by atoms with van der Waals surface area (Å²) in [4.78, 5) is 42.7. The number of fused-ring (bicyclic) bond motifs is 1. The Labute approximate surface area is 256 Å². The molecule has 7 nitrogen and oxygen atoms in total. The van der Waals surface area contributed by atoms with Crippen LogP contribution >= 0.6 is 35.0 Å². The minimum atomic E-state index is -0.482. The van der Waals surface area contributed by atoms with Gasteiger partial charge in [-0.05, 0) is 66.7 Å². The van der Waals surface area contributed by atoms with Crippen molar-refractivity contribution in [2.45, 2.75) is 4.90 Å². The number of carbonyl (C=O) groups is 3. The number of halogens is 2. The number of aromatic nitrogens is 1. The van der Waals surface area contributed by atoms with Crippen molar-refractivity contribution >= 4 is 81.0 Å². The van der Waals surface area contributed by atoms with Gasteiger partial charge in [0.15, 0.2) is 0 Å². The Hall–Kier alpha value is -4.50. The standard InChI is InChI=1S/C32H24Cl2N4O3S/c33-22-10-15-28(26(34)17-22)37-30(39)19-42-24-13-11-23(12-14-24)36-32(41)29(38-31(40)20-6-2-1-3-7-20)16-21-18-35-27-9-5-4-8-25(21)27/h1-18,35H,19H2,(H,36,41)(H,37,39)(H,38,40)/b29-16-. The van der Waals surface area contributed by atoms with Crippen molar-refractivity contribution in [1.29, 1.82) is 0 Å². The summed E-state index contributed by atoms with van der Waals surface area (Å²) in [7, 11) is 0. The highest BCUT2D eigenvalue weighted by Gasteiger charge is 2.16. The first-order chi connectivity index (χ1) is 20.4. The van der Waals surface area contributed by atoms with Gasteiger partial charge in [-0.25, -0.2) is 0 Å². The molecule has 4 N–H and O–H groups in total. The number of hydrogen-bond donors (Lipinski definition) is 4. The second kappa shape index (κ2) is 13.4. The van der Waals surface area contributed by atoms with Crippen LogP contribution < -0.4 is 16.0 Å². The summed E-state index contributed by atoms with van der Waals surface area (Å²) in [5.41, 5.74) is 3.20. The third kappa shape index (κ3) is 7.41. The van der Waals surface area contributed by atoms with E-state index in [-0.39, 0.29) is 17.4 Å². The molecular weight excluding hydrogens is 591 g/mol. The zero-order chi connectivity index (χ0) is 29.5. The van der Waals surface area contributed by atoms with E-state index in [1.807, 2.05) is 30.3 Å². The van der Waals surface area contributed by atoms with E-state index in [0.29, 0.717) is 27.0 Å². The first-order valence-electron chi connectivity index (χ1n) is 12.8. The van der Waals surface area contributed by atoms with Gasteiger partial charge in [0, 0.05) is 43.8 Å². The lowest BCUT2D eigenvalue weighted by Gasteiger charge is -2.12. The molecule has 5 rings (SSSR count). The number of nitrogens with one attached hydrogen (secondary N) is 4. The maximum atomic E-state index is 13.4. The van der Waals surface area contributed by atoms with Gasteiger partial charge < -0.3 is 20.9 Å². The van der Waals surface area contributed by atoms with Crippen molar-refractivity contribution in [2.24, 2.45) is 0 Å². The van der Waals surface area contributed by atoms with Crippen molar-refractivity contribution in [3.05, 3.63) is 130 Å². The summed E-state index contributed by atoms with van der Waals surface area (Å²) in [6.45, 7) is 0. The van der Waals surface area contributed by atoms with Crippen LogP contribution in [0.25, 0.3) is 17.0 Å². The average molecular weight is 616 g/mol. The molecule has 3 amide bonds. The van der Waals surface area contributed by atoms with Crippen molar-refractivity contribution in [3.63, 3.8) is 0 Å². The minimum absolute atomic E-state index is 0.0876. The summed E-state index contributed by atoms with van der Waals surface area (Å²) < 4.78 is 0. The number of anilines is 2. The number of amides is 3. The zero-order valence-electron chi connectivity index (χ0n) is 22.0. The van der Waals surface area contributed by atoms with Gasteiger partial charge in [0.05, 0.1) is 16.5 Å². The quantitative estimate of drug-likeness (QED) is 0.101. The number of benzene rings is 4. The summed E-state index contributed by atoms with van der Waals surface area (Å²) in [5.74, 6) is -0.943. The van der Waals surface area contributed by atoms with Crippen molar-refractivity contribution < 1.29 is 14.4 Å². The molecule has 0 radical (unpaired) electrons. The van der Waals surface area contributed by atoms with Crippen LogP contribution in [0, 0.1) is 0 Å². The zero-order valence-corrected chi connectivity index (χ0v) is 24.3. The van der Waals surface area contributed by atoms with E-state index in [4.69, 9.17) is 23.2 Å². The lowest BCUT2D eigenvalue weighted by atomic mass is 10.1. The van der Waals surface area contributed by atoms with E-state index < -0.39 is 11.8 Å². The van der Waals surface area contributed by atoms with Crippen LogP contribution in [0.1, 0.15) is 15.9 Å². The fourth-order valence-electron chi connectivity index (χ4n) is 4.07. The summed E-state index contributed by atoms with van der Waals surface area (Å²) in [5, 5.41) is 10.1. The average Bonchev–Trinajstić information content (AvgIpc) is 3.41. The SMILES string of the molecule is O=C(CSc1ccc(NC(=O)/C(=C/c2c[nH]c3ccccc23)NC(=O)c2ccccc2)cc1)Nc1ccc(Cl)cc1Cl. The van der Waals surface area contributed by atoms with Gasteiger partial charge in [0.2, 0.25) is 5.91 Å². The Morgan fingerprint density at radius 3 is 2.33 bits per heavy atom. The predicted molar refractivity (Wildman–Crippen MR) is 171 cm³/mol. The van der Waals surface area contributed by atoms with E-state index in [0.717, 1.165) is 21.4 Å². The molecule has 1 heterocycles. The number of aromatic amines is 1. The topological polar surface area (TPSA) is 103 Å². The summed E-state index contributed by atoms with van der Waals surface area (Å²) in [6.07, 6.45) is 3.43. The van der Waals surface area contributed by atoms with Crippen LogP contribution in [0.3, 0.4) is 0 Å². The molecule has 0 unspecified atom stereocenters. The van der Waals surface area contributed by atoms with Crippen molar-refractivity contribution in [1.82, 2.24) is 10.3 Å². The molecule has 4 aromatic carbocycles. The Bertz CT molecular complexity index is 1790. The van der Waals surface area contributed by atoms with E-state index in [9.17, 15) is 14.4 Å². The number of rotatable bonds is 9. The molecule has 0 saturated carbocycles. The number of hydrogen-bond acceptors (Lipinski definition) is 4. The van der Waals surface area contributed by atoms with Gasteiger partial charge in [0.25, 0.3) is 11.8 Å². The van der Waals surface area contributed by atoms with Crippen LogP contribution in [0.4, 0.5) is 11.4 Å². The van der Waals surface area contributed by atoms with E-state index >= 15 is 0 Å². The second-order valence-corrected chi connectivity index (χ2v) is 11.0. The van der Waals surface area contributed by atoms with Crippen molar-refractivity contribution in [2.75, 3.05) is 16.4 Å². The third-order valence-electron chi connectivity index (χ3n) is 6.14. The van der Waals surface area contributed by atoms with Crippen LogP contribution in [-0.2, 0) is 9.59 Å². The molecule has 10 heteroatoms. The maximum Gasteiger partial charge on any atom is 0.272 e. The van der Waals surface area contributed by atoms with Gasteiger partial charge in [-0.1, -0.05) is 59.6 Å². The molecular formula is C32H24Cl2N4O3S. The predicted octanol–water partition coefficient (Wildman–Crippen LogP) is 7.62. The van der Waals surface area contributed by atoms with E-state index in [2.05, 4.69) is 20.9 Å². The second-order valence-electron chi connectivity index (χ2n) is 9.11. The maximum absolute atomic E-state index is 13.4. The van der Waals surface area contributed by atoms with Crippen LogP contribution in [-0.4, -0.2) is 28.5 Å². The van der Waals surface area contributed by atoms with Crippen molar-refractivity contribution in [3.8, 4) is 0 Å². The Kier molecular flexibility index (Phi) is 9.28. The number of thioether (sulfide) groups is 1. The highest BCUT2D eigenvalue weighted by Crippen LogP contribution is 2.27. The van der Waals surface area contributed by atoms with Gasteiger partial charge >= 0.3 is 0 Å². The molecule has 0 aliphatic rings. The first kappa shape index (κ1) is 29.0. The smallest absolute Gasteiger partial charge is 0.272 e. The van der Waals surface area contributed by atoms with E-state index in [1.165, 1.54) is 11.8 Å². The molecule has 0 fully saturated rings. The summed E-state index contributed by atoms with van der Waals surface area (Å²) >= 11 is 13.4. The molecule has 210 valence electrons. The van der Waals surface area contributed by atoms with Gasteiger partial charge in [-0.15, -0.1) is 11.8 Å². The Balaban J connectivity index is 1.26. The molecule has 1 aromatic heterocycles. The normalized spacial score (nSPS) is 11.2. The summed E-state index contributed by atoms with van der Waals surface area (Å²) in [6, 6.07) is 28.3. The fourth-order valence-corrected chi connectivity index (χ4v) is 5.22. The lowest BCUT2D eigenvalue weighted by Crippen LogP contribution is -2.30. The number of H-pyrrole nitrogens is 1. The van der Waals surface area contributed by atoms with E-state index in [1.54, 1.807) is 79.0 Å². The molecule has 0 aliphatic heterocycles. The molecule has 0 spiro atoms. The fraction of sp³-hybridized carbons (Fsp3) is 0.0312. The van der Waals surface area contributed by atoms with Crippen LogP contribution in [0.15, 0.2) is 114 Å². The number of para-hydroxylation sites is 1. The molecule has 0 atom stereocenters. The van der Waals surface area contributed by atoms with Crippen LogP contribution in [0.5, 0.6) is 0 Å². The first-order valence-corrected chi connectivity index (χ1v) is 14.5. The number of carbonyl (C=O) groups excluding carboxylic acids is 3. The monoisotopic (exact) mass is 614 g/mol. The van der Waals surface area contributed by atoms with Gasteiger partial charge in [0.1, 0.15) is 5.70 Å². The largest absolute Gasteiger partial charge is 0.361 e. The Morgan fingerprint density at radius 2 is 1.57 bits per heavy atom. The van der Waals surface area contributed by atoms with Crippen LogP contribution in [0.2, 0.25) is 10.0 Å². The molecule has 42 heavy (non-hydrogen) atoms. The lowest BCUT2D eigenvalue weighted by molar-refractivity contribution is -0.114.